The van der Waals surface area contributed by atoms with Gasteiger partial charge in [-0.1, -0.05) is 60.7 Å². The number of carbonyl (C=O) groups is 1. The molecule has 4 aromatic rings. The van der Waals surface area contributed by atoms with Gasteiger partial charge in [-0.2, -0.15) is 0 Å². The smallest absolute Gasteiger partial charge is 0.254 e. The van der Waals surface area contributed by atoms with Crippen molar-refractivity contribution in [3.63, 3.8) is 0 Å². The van der Waals surface area contributed by atoms with Crippen LogP contribution in [-0.4, -0.2) is 19.2 Å². The number of carbonyl (C=O) groups excluding carboxylic acids is 1. The average Bonchev–Trinajstić information content (AvgIpc) is 3.24. The van der Waals surface area contributed by atoms with Gasteiger partial charge in [0.2, 0.25) is 0 Å². The predicted molar refractivity (Wildman–Crippen MR) is 136 cm³/mol. The summed E-state index contributed by atoms with van der Waals surface area (Å²) in [6.07, 6.45) is 6.09. The number of methoxy groups -OCH3 is 1. The first-order valence-corrected chi connectivity index (χ1v) is 12.1. The van der Waals surface area contributed by atoms with Crippen LogP contribution in [0.1, 0.15) is 44.8 Å². The molecule has 1 aliphatic carbocycles. The fourth-order valence-electron chi connectivity index (χ4n) is 4.45. The van der Waals surface area contributed by atoms with E-state index in [1.54, 1.807) is 18.4 Å². The summed E-state index contributed by atoms with van der Waals surface area (Å²) in [5.74, 6) is 0.726. The second kappa shape index (κ2) is 9.59. The number of ether oxygens (including phenoxy) is 1. The van der Waals surface area contributed by atoms with Crippen LogP contribution in [0.5, 0.6) is 5.75 Å². The summed E-state index contributed by atoms with van der Waals surface area (Å²) in [6, 6.07) is 22.2. The van der Waals surface area contributed by atoms with Crippen LogP contribution in [0.4, 0.5) is 5.00 Å². The van der Waals surface area contributed by atoms with E-state index < -0.39 is 0 Å². The molecule has 0 aliphatic heterocycles. The zero-order valence-corrected chi connectivity index (χ0v) is 19.5. The number of amides is 1. The number of aliphatic imine (C=N–C) groups is 1. The Labute approximate surface area is 198 Å². The van der Waals surface area contributed by atoms with Crippen molar-refractivity contribution in [2.75, 3.05) is 7.11 Å². The Hall–Kier alpha value is -3.44. The molecule has 0 saturated carbocycles. The number of thiophene rings is 1. The standard InChI is InChI=1S/C28H26N2O2S/c1-32-24-16-15-20-11-5-6-12-21(20)23(24)18-30-28-26(22-13-7-8-14-25(22)33-28)27(31)29-17-19-9-3-2-4-10-19/h2-6,9-12,15-16,18H,7-8,13-14,17H2,1H3,(H,29,31). The van der Waals surface area contributed by atoms with Gasteiger partial charge < -0.3 is 10.1 Å². The van der Waals surface area contributed by atoms with Gasteiger partial charge in [0.25, 0.3) is 5.91 Å². The highest BCUT2D eigenvalue weighted by atomic mass is 32.1. The van der Waals surface area contributed by atoms with Gasteiger partial charge in [0.1, 0.15) is 10.8 Å². The lowest BCUT2D eigenvalue weighted by atomic mass is 9.95. The first-order chi connectivity index (χ1) is 16.2. The molecule has 1 aromatic heterocycles. The Balaban J connectivity index is 1.51. The lowest BCUT2D eigenvalue weighted by Gasteiger charge is -2.13. The summed E-state index contributed by atoms with van der Waals surface area (Å²) in [6.45, 7) is 0.505. The van der Waals surface area contributed by atoms with E-state index in [1.807, 2.05) is 54.7 Å². The molecule has 0 spiro atoms. The number of fused-ring (bicyclic) bond motifs is 2. The van der Waals surface area contributed by atoms with Gasteiger partial charge in [-0.15, -0.1) is 11.3 Å². The van der Waals surface area contributed by atoms with Crippen molar-refractivity contribution in [1.82, 2.24) is 5.32 Å². The van der Waals surface area contributed by atoms with Crippen molar-refractivity contribution in [3.8, 4) is 5.75 Å². The quantitative estimate of drug-likeness (QED) is 0.340. The molecule has 1 heterocycles. The maximum atomic E-state index is 13.3. The molecule has 5 rings (SSSR count). The molecule has 33 heavy (non-hydrogen) atoms. The summed E-state index contributed by atoms with van der Waals surface area (Å²) in [4.78, 5) is 19.5. The van der Waals surface area contributed by atoms with Crippen molar-refractivity contribution in [3.05, 3.63) is 93.9 Å². The van der Waals surface area contributed by atoms with Gasteiger partial charge in [-0.3, -0.25) is 4.79 Å². The molecule has 0 atom stereocenters. The summed E-state index contributed by atoms with van der Waals surface area (Å²) < 4.78 is 5.62. The summed E-state index contributed by atoms with van der Waals surface area (Å²) in [5, 5.41) is 6.10. The molecule has 0 radical (unpaired) electrons. The minimum absolute atomic E-state index is 0.0460. The lowest BCUT2D eigenvalue weighted by Crippen LogP contribution is -2.24. The Morgan fingerprint density at radius 1 is 1.03 bits per heavy atom. The van der Waals surface area contributed by atoms with Crippen LogP contribution >= 0.6 is 11.3 Å². The summed E-state index contributed by atoms with van der Waals surface area (Å²) >= 11 is 1.65. The fraction of sp³-hybridized carbons (Fsp3) is 0.214. The highest BCUT2D eigenvalue weighted by Gasteiger charge is 2.25. The predicted octanol–water partition coefficient (Wildman–Crippen LogP) is 6.47. The molecule has 1 N–H and O–H groups in total. The normalized spacial score (nSPS) is 13.2. The van der Waals surface area contributed by atoms with Crippen molar-refractivity contribution in [2.45, 2.75) is 32.2 Å². The SMILES string of the molecule is COc1ccc2ccccc2c1C=Nc1sc2c(c1C(=O)NCc1ccccc1)CCCC2. The van der Waals surface area contributed by atoms with Crippen molar-refractivity contribution in [1.29, 1.82) is 0 Å². The highest BCUT2D eigenvalue weighted by Crippen LogP contribution is 2.40. The van der Waals surface area contributed by atoms with Crippen LogP contribution in [0.3, 0.4) is 0 Å². The minimum atomic E-state index is -0.0460. The number of hydrogen-bond donors (Lipinski definition) is 1. The number of rotatable bonds is 6. The van der Waals surface area contributed by atoms with Gasteiger partial charge >= 0.3 is 0 Å². The molecular weight excluding hydrogens is 428 g/mol. The molecule has 1 aliphatic rings. The maximum absolute atomic E-state index is 13.3. The Morgan fingerprint density at radius 2 is 1.82 bits per heavy atom. The van der Waals surface area contributed by atoms with E-state index >= 15 is 0 Å². The molecule has 1 amide bonds. The molecule has 0 saturated heterocycles. The number of aryl methyl sites for hydroxylation is 1. The number of hydrogen-bond acceptors (Lipinski definition) is 4. The van der Waals surface area contributed by atoms with E-state index in [0.29, 0.717) is 6.54 Å². The topological polar surface area (TPSA) is 50.7 Å². The van der Waals surface area contributed by atoms with Gasteiger partial charge in [0.05, 0.1) is 12.7 Å². The highest BCUT2D eigenvalue weighted by molar-refractivity contribution is 7.16. The van der Waals surface area contributed by atoms with Gasteiger partial charge in [-0.25, -0.2) is 4.99 Å². The Bertz CT molecular complexity index is 1320. The van der Waals surface area contributed by atoms with Crippen LogP contribution in [0.25, 0.3) is 10.8 Å². The van der Waals surface area contributed by atoms with E-state index in [-0.39, 0.29) is 5.91 Å². The monoisotopic (exact) mass is 454 g/mol. The first kappa shape index (κ1) is 21.4. The molecule has 166 valence electrons. The van der Waals surface area contributed by atoms with E-state index in [1.165, 1.54) is 16.9 Å². The molecular formula is C28H26N2O2S. The zero-order chi connectivity index (χ0) is 22.6. The third kappa shape index (κ3) is 4.41. The van der Waals surface area contributed by atoms with E-state index in [9.17, 15) is 4.79 Å². The number of nitrogens with one attached hydrogen (secondary N) is 1. The largest absolute Gasteiger partial charge is 0.496 e. The zero-order valence-electron chi connectivity index (χ0n) is 18.6. The third-order valence-corrected chi connectivity index (χ3v) is 7.34. The lowest BCUT2D eigenvalue weighted by molar-refractivity contribution is 0.0951. The maximum Gasteiger partial charge on any atom is 0.254 e. The van der Waals surface area contributed by atoms with E-state index in [0.717, 1.165) is 57.5 Å². The average molecular weight is 455 g/mol. The van der Waals surface area contributed by atoms with Gasteiger partial charge in [0, 0.05) is 23.2 Å². The molecule has 0 unspecified atom stereocenters. The molecule has 3 aromatic carbocycles. The van der Waals surface area contributed by atoms with E-state index in [4.69, 9.17) is 9.73 Å². The Morgan fingerprint density at radius 3 is 2.67 bits per heavy atom. The number of nitrogens with zero attached hydrogens (tertiary/aromatic N) is 1. The second-order valence-corrected chi connectivity index (χ2v) is 9.30. The fourth-order valence-corrected chi connectivity index (χ4v) is 5.68. The van der Waals surface area contributed by atoms with Crippen LogP contribution in [-0.2, 0) is 19.4 Å². The van der Waals surface area contributed by atoms with Crippen LogP contribution in [0.15, 0.2) is 71.7 Å². The van der Waals surface area contributed by atoms with Crippen LogP contribution in [0.2, 0.25) is 0 Å². The number of benzene rings is 3. The molecule has 0 bridgehead atoms. The van der Waals surface area contributed by atoms with Crippen LogP contribution < -0.4 is 10.1 Å². The Kier molecular flexibility index (Phi) is 6.22. The minimum Gasteiger partial charge on any atom is -0.496 e. The second-order valence-electron chi connectivity index (χ2n) is 8.22. The first-order valence-electron chi connectivity index (χ1n) is 11.3. The van der Waals surface area contributed by atoms with Crippen molar-refractivity contribution >= 4 is 39.2 Å². The van der Waals surface area contributed by atoms with E-state index in [2.05, 4.69) is 23.5 Å². The summed E-state index contributed by atoms with van der Waals surface area (Å²) in [5.41, 5.74) is 3.92. The summed E-state index contributed by atoms with van der Waals surface area (Å²) in [7, 11) is 1.67. The molecule has 4 nitrogen and oxygen atoms in total. The van der Waals surface area contributed by atoms with Gasteiger partial charge in [0.15, 0.2) is 0 Å². The third-order valence-electron chi connectivity index (χ3n) is 6.14. The van der Waals surface area contributed by atoms with Crippen molar-refractivity contribution < 1.29 is 9.53 Å². The molecule has 5 heteroatoms. The molecule has 0 fully saturated rings. The van der Waals surface area contributed by atoms with Crippen molar-refractivity contribution in [2.24, 2.45) is 4.99 Å². The van der Waals surface area contributed by atoms with Crippen LogP contribution in [0, 0.1) is 0 Å². The van der Waals surface area contributed by atoms with Gasteiger partial charge in [-0.05, 0) is 53.6 Å².